The fourth-order valence-electron chi connectivity index (χ4n) is 8.99. The number of carbonyl (C=O) groups is 4. The zero-order valence-corrected chi connectivity index (χ0v) is 34.4. The fourth-order valence-corrected chi connectivity index (χ4v) is 10.3. The Hall–Kier alpha value is -4.73. The second-order valence-corrected chi connectivity index (χ2v) is 20.7. The third kappa shape index (κ3) is 7.61. The van der Waals surface area contributed by atoms with Crippen molar-refractivity contribution in [3.05, 3.63) is 30.0 Å². The van der Waals surface area contributed by atoms with E-state index in [4.69, 9.17) is 9.47 Å². The number of benzene rings is 1. The van der Waals surface area contributed by atoms with E-state index in [-0.39, 0.29) is 48.0 Å². The molecule has 19 heteroatoms. The number of hydrogen-bond donors (Lipinski definition) is 3. The lowest BCUT2D eigenvalue weighted by Gasteiger charge is -2.35. The molecular formula is C41H48F4N6O8S. The average Bonchev–Trinajstić information content (AvgIpc) is 4.03. The number of fused-ring (bicyclic) bond motifs is 7. The number of ether oxygens (including phenoxy) is 2. The number of rotatable bonds is 6. The molecule has 2 aliphatic heterocycles. The normalized spacial score (nSPS) is 33.2. The number of hydrogen-bond acceptors (Lipinski definition) is 10. The van der Waals surface area contributed by atoms with E-state index in [1.807, 2.05) is 4.72 Å². The van der Waals surface area contributed by atoms with E-state index in [1.54, 1.807) is 39.0 Å². The van der Waals surface area contributed by atoms with Crippen LogP contribution in [0.4, 0.5) is 22.4 Å². The largest absolute Gasteiger partial charge is 0.471 e. The first-order valence-electron chi connectivity index (χ1n) is 20.4. The van der Waals surface area contributed by atoms with Gasteiger partial charge in [0.15, 0.2) is 5.69 Å². The van der Waals surface area contributed by atoms with E-state index in [0.29, 0.717) is 19.3 Å². The number of alkyl carbamates (subject to hydrolysis) is 1. The molecule has 4 aliphatic carbocycles. The third-order valence-corrected chi connectivity index (χ3v) is 15.3. The van der Waals surface area contributed by atoms with Crippen molar-refractivity contribution in [3.63, 3.8) is 0 Å². The molecule has 6 aliphatic rings. The number of alkyl halides is 4. The molecule has 14 nitrogen and oxygen atoms in total. The molecule has 3 saturated carbocycles. The van der Waals surface area contributed by atoms with Crippen LogP contribution >= 0.6 is 0 Å². The van der Waals surface area contributed by atoms with Crippen molar-refractivity contribution in [2.24, 2.45) is 29.1 Å². The second-order valence-electron chi connectivity index (χ2n) is 18.5. The molecule has 1 aromatic carbocycles. The van der Waals surface area contributed by atoms with Crippen LogP contribution in [0.15, 0.2) is 24.3 Å². The highest BCUT2D eigenvalue weighted by atomic mass is 32.2. The molecule has 60 heavy (non-hydrogen) atoms. The highest BCUT2D eigenvalue weighted by Gasteiger charge is 2.67. The summed E-state index contributed by atoms with van der Waals surface area (Å²) < 4.78 is 99.9. The van der Waals surface area contributed by atoms with E-state index in [2.05, 4.69) is 32.4 Å². The Morgan fingerprint density at radius 3 is 2.33 bits per heavy atom. The van der Waals surface area contributed by atoms with Gasteiger partial charge in [-0.25, -0.2) is 32.0 Å². The van der Waals surface area contributed by atoms with Crippen LogP contribution < -0.4 is 20.1 Å². The van der Waals surface area contributed by atoms with Gasteiger partial charge in [0.05, 0.1) is 28.2 Å². The minimum Gasteiger partial charge on any atom is -0.471 e. The van der Waals surface area contributed by atoms with Crippen LogP contribution in [0.3, 0.4) is 0 Å². The third-order valence-electron chi connectivity index (χ3n) is 13.1. The molecule has 1 saturated heterocycles. The molecular weight excluding hydrogens is 813 g/mol. The molecule has 2 aromatic rings. The van der Waals surface area contributed by atoms with Gasteiger partial charge in [-0.1, -0.05) is 51.2 Å². The predicted molar refractivity (Wildman–Crippen MR) is 206 cm³/mol. The van der Waals surface area contributed by atoms with Gasteiger partial charge in [-0.05, 0) is 63.0 Å². The number of para-hydroxylation sites is 2. The van der Waals surface area contributed by atoms with Gasteiger partial charge < -0.3 is 25.0 Å². The zero-order valence-electron chi connectivity index (χ0n) is 33.6. The monoisotopic (exact) mass is 860 g/mol. The van der Waals surface area contributed by atoms with Crippen molar-refractivity contribution in [3.8, 4) is 17.7 Å². The summed E-state index contributed by atoms with van der Waals surface area (Å²) in [6, 6.07) is 3.45. The van der Waals surface area contributed by atoms with Crippen LogP contribution in [0.5, 0.6) is 5.88 Å². The molecule has 324 valence electrons. The van der Waals surface area contributed by atoms with Crippen LogP contribution in [0.25, 0.3) is 11.0 Å². The lowest BCUT2D eigenvalue weighted by Crippen LogP contribution is -2.60. The predicted octanol–water partition coefficient (Wildman–Crippen LogP) is 4.56. The van der Waals surface area contributed by atoms with Crippen LogP contribution in [0, 0.1) is 40.9 Å². The highest BCUT2D eigenvalue weighted by molar-refractivity contribution is 7.91. The zero-order chi connectivity index (χ0) is 43.2. The minimum absolute atomic E-state index is 0.0183. The van der Waals surface area contributed by atoms with Crippen LogP contribution in [-0.2, 0) is 35.1 Å². The van der Waals surface area contributed by atoms with Gasteiger partial charge in [0.2, 0.25) is 34.1 Å². The Morgan fingerprint density at radius 2 is 1.72 bits per heavy atom. The lowest BCUT2D eigenvalue weighted by molar-refractivity contribution is -0.143. The minimum atomic E-state index is -4.30. The van der Waals surface area contributed by atoms with Crippen molar-refractivity contribution in [2.75, 3.05) is 6.54 Å². The first kappa shape index (κ1) is 42.0. The first-order chi connectivity index (χ1) is 28.1. The maximum Gasteiger partial charge on any atom is 0.408 e. The van der Waals surface area contributed by atoms with Gasteiger partial charge in [0.1, 0.15) is 29.8 Å². The molecule has 9 atom stereocenters. The number of nitrogens with zero attached hydrogens (tertiary/aromatic N) is 3. The number of sulfonamides is 1. The van der Waals surface area contributed by atoms with Crippen LogP contribution in [0.1, 0.15) is 91.2 Å². The maximum atomic E-state index is 16.3. The van der Waals surface area contributed by atoms with Crippen LogP contribution in [0.2, 0.25) is 0 Å². The summed E-state index contributed by atoms with van der Waals surface area (Å²) in [5, 5.41) is 5.05. The number of carbonyl (C=O) groups excluding carboxylic acids is 4. The summed E-state index contributed by atoms with van der Waals surface area (Å²) in [6.45, 7) is 6.00. The quantitative estimate of drug-likeness (QED) is 0.275. The summed E-state index contributed by atoms with van der Waals surface area (Å²) in [5.74, 6) is -3.16. The SMILES string of the molecule is CC(C)(C)[C@@H]1NC(=O)O[C@@H]2C[C@@H]3C#C[C@@H]3[C@H]2CCCCC(F)(F)c2nc3ccccc3nc2O[C@@H]2C[C@@H](C(=O)N[C@]3(C(=O)NS(=O)(=O)C4(C)CC4)C[C@H]3C(F)F)N(C2)C1=O. The van der Waals surface area contributed by atoms with E-state index in [0.717, 1.165) is 4.90 Å². The number of halogens is 4. The van der Waals surface area contributed by atoms with Gasteiger partial charge in [-0.15, -0.1) is 0 Å². The van der Waals surface area contributed by atoms with Gasteiger partial charge in [-0.3, -0.25) is 19.1 Å². The van der Waals surface area contributed by atoms with Crippen molar-refractivity contribution in [1.82, 2.24) is 30.2 Å². The molecule has 0 unspecified atom stereocenters. The Kier molecular flexibility index (Phi) is 10.3. The second kappa shape index (κ2) is 14.7. The summed E-state index contributed by atoms with van der Waals surface area (Å²) in [7, 11) is -4.30. The Balaban J connectivity index is 1.15. The topological polar surface area (TPSA) is 186 Å². The molecule has 3 N–H and O–H groups in total. The molecule has 2 bridgehead atoms. The van der Waals surface area contributed by atoms with Crippen molar-refractivity contribution >= 4 is 44.9 Å². The Morgan fingerprint density at radius 1 is 1.02 bits per heavy atom. The molecule has 3 heterocycles. The van der Waals surface area contributed by atoms with Gasteiger partial charge in [-0.2, -0.15) is 8.78 Å². The molecule has 1 aromatic heterocycles. The van der Waals surface area contributed by atoms with Crippen molar-refractivity contribution in [1.29, 1.82) is 0 Å². The number of amides is 4. The average molecular weight is 861 g/mol. The van der Waals surface area contributed by atoms with E-state index >= 15 is 8.78 Å². The van der Waals surface area contributed by atoms with Crippen molar-refractivity contribution in [2.45, 2.75) is 132 Å². The van der Waals surface area contributed by atoms with Crippen LogP contribution in [-0.4, -0.2) is 94.6 Å². The lowest BCUT2D eigenvalue weighted by atomic mass is 9.81. The van der Waals surface area contributed by atoms with Gasteiger partial charge in [0, 0.05) is 30.6 Å². The molecule has 8 rings (SSSR count). The summed E-state index contributed by atoms with van der Waals surface area (Å²) in [5.41, 5.74) is -3.67. The molecule has 0 radical (unpaired) electrons. The standard InChI is InChI=1S/C41H48F4N6O8S/c1-38(2,3)31-35(53)51-20-22(18-28(51)33(52)49-40(19-25(40)32(42)43)36(54)50-60(56,57)39(4)15-16-39)58-34-30(46-26-10-5-6-11-27(26)47-34)41(44,45)14-8-7-9-24-23-13-12-21(23)17-29(24)59-37(55)48-31/h5-6,10-11,21-25,28-29,31-32H,7-9,14-20H2,1-4H3,(H,48,55)(H,49,52)(H,50,54)/t21-,22+,23-,24+,25-,28-,29+,31+,40+/m0/s1. The van der Waals surface area contributed by atoms with Crippen molar-refractivity contribution < 1.29 is 54.6 Å². The smallest absolute Gasteiger partial charge is 0.408 e. The molecule has 4 fully saturated rings. The summed E-state index contributed by atoms with van der Waals surface area (Å²) >= 11 is 0. The number of aromatic nitrogens is 2. The van der Waals surface area contributed by atoms with E-state index in [9.17, 15) is 36.4 Å². The van der Waals surface area contributed by atoms with Gasteiger partial charge in [0.25, 0.3) is 11.8 Å². The van der Waals surface area contributed by atoms with Gasteiger partial charge >= 0.3 is 6.09 Å². The fraction of sp³-hybridized carbons (Fsp3) is 0.659. The highest BCUT2D eigenvalue weighted by Crippen LogP contribution is 2.50. The summed E-state index contributed by atoms with van der Waals surface area (Å²) in [4.78, 5) is 66.1. The molecule has 0 spiro atoms. The Bertz CT molecular complexity index is 2290. The first-order valence-corrected chi connectivity index (χ1v) is 21.9. The summed E-state index contributed by atoms with van der Waals surface area (Å²) in [6.07, 6.45) is -5.61. The maximum absolute atomic E-state index is 16.3. The van der Waals surface area contributed by atoms with E-state index in [1.165, 1.54) is 13.0 Å². The number of nitrogens with one attached hydrogen (secondary N) is 3. The molecule has 4 amide bonds. The van der Waals surface area contributed by atoms with E-state index < -0.39 is 129 Å². The Labute approximate surface area is 344 Å².